The first kappa shape index (κ1) is 7.00. The Hall–Kier alpha value is -1.11. The van der Waals surface area contributed by atoms with Gasteiger partial charge in [0.15, 0.2) is 0 Å². The van der Waals surface area contributed by atoms with E-state index in [-0.39, 0.29) is 0 Å². The molecule has 2 aliphatic rings. The van der Waals surface area contributed by atoms with Crippen LogP contribution in [0.2, 0.25) is 0 Å². The number of nitrogens with zero attached hydrogens (tertiary/aromatic N) is 1. The first-order chi connectivity index (χ1) is 5.00. The van der Waals surface area contributed by atoms with Crippen molar-refractivity contribution in [1.29, 1.82) is 0 Å². The largest absolute Gasteiger partial charge is 0.289 e. The van der Waals surface area contributed by atoms with E-state index in [0.29, 0.717) is 0 Å². The van der Waals surface area contributed by atoms with E-state index >= 15 is 0 Å². The molecule has 10 heavy (non-hydrogen) atoms. The highest BCUT2D eigenvalue weighted by molar-refractivity contribution is 5.73. The molecule has 1 heteroatoms. The van der Waals surface area contributed by atoms with E-state index in [4.69, 9.17) is 0 Å². The molecule has 0 fully saturated rings. The van der Waals surface area contributed by atoms with Crippen LogP contribution in [0, 0.1) is 0 Å². The van der Waals surface area contributed by atoms with Crippen LogP contribution in [0.15, 0.2) is 41.4 Å². The van der Waals surface area contributed by atoms with E-state index in [2.05, 4.69) is 29.3 Å². The van der Waals surface area contributed by atoms with Gasteiger partial charge < -0.3 is 0 Å². The standard InChI is InChI=1S/C5H6.C4H5N/c2*1-2-4-5-3-1/h1-4H,5H2;1-3H,4H2. The molecule has 0 bridgehead atoms. The van der Waals surface area contributed by atoms with Crippen LogP contribution in [0.3, 0.4) is 0 Å². The Balaban J connectivity index is 0.0000001000. The van der Waals surface area contributed by atoms with Gasteiger partial charge in [0.1, 0.15) is 0 Å². The smallest absolute Gasteiger partial charge is 0.0573 e. The third kappa shape index (κ3) is 3.02. The molecule has 0 saturated heterocycles. The van der Waals surface area contributed by atoms with Gasteiger partial charge in [-0.05, 0) is 12.5 Å². The van der Waals surface area contributed by atoms with Crippen molar-refractivity contribution in [2.75, 3.05) is 6.54 Å². The van der Waals surface area contributed by atoms with Gasteiger partial charge in [0.05, 0.1) is 6.54 Å². The maximum atomic E-state index is 3.85. The number of aliphatic imine (C=N–C) groups is 1. The first-order valence-corrected chi connectivity index (χ1v) is 3.47. The summed E-state index contributed by atoms with van der Waals surface area (Å²) in [6.45, 7) is 0.889. The van der Waals surface area contributed by atoms with Crippen molar-refractivity contribution in [2.45, 2.75) is 6.42 Å². The lowest BCUT2D eigenvalue weighted by Gasteiger charge is -1.60. The molecule has 1 heterocycles. The second-order valence-corrected chi connectivity index (χ2v) is 2.03. The second-order valence-electron chi connectivity index (χ2n) is 2.03. The molecule has 0 aromatic carbocycles. The Kier molecular flexibility index (Phi) is 3.32. The van der Waals surface area contributed by atoms with Crippen molar-refractivity contribution in [3.05, 3.63) is 36.5 Å². The molecule has 0 saturated carbocycles. The molecular weight excluding hydrogens is 122 g/mol. The Morgan fingerprint density at radius 3 is 1.90 bits per heavy atom. The summed E-state index contributed by atoms with van der Waals surface area (Å²) in [7, 11) is 0. The lowest BCUT2D eigenvalue weighted by Crippen LogP contribution is -1.54. The average molecular weight is 133 g/mol. The maximum Gasteiger partial charge on any atom is 0.0573 e. The number of hydrogen-bond acceptors (Lipinski definition) is 1. The molecular formula is C9H11N. The molecule has 0 atom stereocenters. The van der Waals surface area contributed by atoms with E-state index in [1.165, 1.54) is 0 Å². The molecule has 1 aliphatic carbocycles. The molecule has 0 aromatic heterocycles. The average Bonchev–Trinajstić information content (AvgIpc) is 2.67. The highest BCUT2D eigenvalue weighted by Gasteiger charge is 1.72. The van der Waals surface area contributed by atoms with Crippen molar-refractivity contribution in [3.8, 4) is 0 Å². The summed E-state index contributed by atoms with van der Waals surface area (Å²) >= 11 is 0. The van der Waals surface area contributed by atoms with Gasteiger partial charge in [0.25, 0.3) is 0 Å². The van der Waals surface area contributed by atoms with Crippen LogP contribution in [0.4, 0.5) is 0 Å². The lowest BCUT2D eigenvalue weighted by atomic mass is 10.5. The molecule has 2 rings (SSSR count). The Bertz CT molecular complexity index is 143. The Morgan fingerprint density at radius 1 is 0.900 bits per heavy atom. The van der Waals surface area contributed by atoms with E-state index in [0.717, 1.165) is 13.0 Å². The summed E-state index contributed by atoms with van der Waals surface area (Å²) in [5.74, 6) is 0. The van der Waals surface area contributed by atoms with Crippen LogP contribution in [-0.4, -0.2) is 12.8 Å². The Morgan fingerprint density at radius 2 is 1.70 bits per heavy atom. The highest BCUT2D eigenvalue weighted by Crippen LogP contribution is 1.93. The summed E-state index contributed by atoms with van der Waals surface area (Å²) in [6, 6.07) is 0. The minimum Gasteiger partial charge on any atom is -0.289 e. The minimum absolute atomic E-state index is 0.889. The number of allylic oxidation sites excluding steroid dienone is 5. The summed E-state index contributed by atoms with van der Waals surface area (Å²) in [5, 5.41) is 0. The molecule has 0 radical (unpaired) electrons. The molecule has 0 N–H and O–H groups in total. The molecule has 1 nitrogen and oxygen atoms in total. The van der Waals surface area contributed by atoms with Crippen molar-refractivity contribution in [2.24, 2.45) is 4.99 Å². The molecule has 0 amide bonds. The van der Waals surface area contributed by atoms with Gasteiger partial charge in [0.2, 0.25) is 0 Å². The lowest BCUT2D eigenvalue weighted by molar-refractivity contribution is 1.29. The monoisotopic (exact) mass is 133 g/mol. The third-order valence-corrected chi connectivity index (χ3v) is 1.19. The van der Waals surface area contributed by atoms with Crippen molar-refractivity contribution < 1.29 is 0 Å². The molecule has 0 unspecified atom stereocenters. The number of hydrogen-bond donors (Lipinski definition) is 0. The van der Waals surface area contributed by atoms with Crippen molar-refractivity contribution in [3.63, 3.8) is 0 Å². The predicted octanol–water partition coefficient (Wildman–Crippen LogP) is 2.13. The SMILES string of the molecule is C1=CCC=C1.C1=CCN=C1. The van der Waals surface area contributed by atoms with E-state index in [1.807, 2.05) is 12.2 Å². The summed E-state index contributed by atoms with van der Waals surface area (Å²) < 4.78 is 0. The van der Waals surface area contributed by atoms with Crippen LogP contribution in [0.25, 0.3) is 0 Å². The van der Waals surface area contributed by atoms with Gasteiger partial charge in [-0.2, -0.15) is 0 Å². The third-order valence-electron chi connectivity index (χ3n) is 1.19. The van der Waals surface area contributed by atoms with Gasteiger partial charge in [-0.1, -0.05) is 30.4 Å². The second kappa shape index (κ2) is 4.74. The topological polar surface area (TPSA) is 12.4 Å². The summed E-state index contributed by atoms with van der Waals surface area (Å²) in [6.07, 6.45) is 15.3. The maximum absolute atomic E-state index is 3.85. The summed E-state index contributed by atoms with van der Waals surface area (Å²) in [4.78, 5) is 3.85. The van der Waals surface area contributed by atoms with Crippen LogP contribution in [-0.2, 0) is 0 Å². The predicted molar refractivity (Wildman–Crippen MR) is 45.4 cm³/mol. The van der Waals surface area contributed by atoms with Crippen LogP contribution in [0.1, 0.15) is 6.42 Å². The van der Waals surface area contributed by atoms with Gasteiger partial charge >= 0.3 is 0 Å². The first-order valence-electron chi connectivity index (χ1n) is 3.47. The van der Waals surface area contributed by atoms with Crippen LogP contribution < -0.4 is 0 Å². The zero-order valence-corrected chi connectivity index (χ0v) is 5.90. The van der Waals surface area contributed by atoms with Crippen molar-refractivity contribution in [1.82, 2.24) is 0 Å². The highest BCUT2D eigenvalue weighted by atomic mass is 14.7. The summed E-state index contributed by atoms with van der Waals surface area (Å²) in [5.41, 5.74) is 0. The fourth-order valence-electron chi connectivity index (χ4n) is 0.697. The van der Waals surface area contributed by atoms with E-state index in [9.17, 15) is 0 Å². The fraction of sp³-hybridized carbons (Fsp3) is 0.222. The molecule has 0 spiro atoms. The Labute approximate surface area is 61.5 Å². The van der Waals surface area contributed by atoms with Gasteiger partial charge in [-0.3, -0.25) is 4.99 Å². The quantitative estimate of drug-likeness (QED) is 0.480. The zero-order valence-electron chi connectivity index (χ0n) is 5.90. The van der Waals surface area contributed by atoms with Gasteiger partial charge in [-0.25, -0.2) is 0 Å². The zero-order chi connectivity index (χ0) is 7.07. The molecule has 52 valence electrons. The van der Waals surface area contributed by atoms with E-state index < -0.39 is 0 Å². The van der Waals surface area contributed by atoms with E-state index in [1.54, 1.807) is 6.21 Å². The van der Waals surface area contributed by atoms with Crippen LogP contribution >= 0.6 is 0 Å². The minimum atomic E-state index is 0.889. The van der Waals surface area contributed by atoms with Crippen LogP contribution in [0.5, 0.6) is 0 Å². The normalized spacial score (nSPS) is 17.6. The molecule has 0 aromatic rings. The fourth-order valence-corrected chi connectivity index (χ4v) is 0.697. The molecule has 1 aliphatic heterocycles. The van der Waals surface area contributed by atoms with Gasteiger partial charge in [0, 0.05) is 6.21 Å². The number of rotatable bonds is 0. The van der Waals surface area contributed by atoms with Gasteiger partial charge in [-0.15, -0.1) is 0 Å². The van der Waals surface area contributed by atoms with Crippen molar-refractivity contribution >= 4 is 6.21 Å².